The molecule has 0 amide bonds. The second-order valence-electron chi connectivity index (χ2n) is 5.07. The van der Waals surface area contributed by atoms with Gasteiger partial charge in [-0.25, -0.2) is 0 Å². The van der Waals surface area contributed by atoms with Crippen LogP contribution in [0, 0.1) is 17.8 Å². The van der Waals surface area contributed by atoms with Gasteiger partial charge in [0, 0.05) is 5.92 Å². The largest absolute Gasteiger partial charge is 0.424 e. The van der Waals surface area contributed by atoms with Crippen molar-refractivity contribution in [1.82, 2.24) is 0 Å². The van der Waals surface area contributed by atoms with Crippen LogP contribution < -0.4 is 0 Å². The van der Waals surface area contributed by atoms with Crippen LogP contribution in [0.25, 0.3) is 6.08 Å². The second kappa shape index (κ2) is 6.65. The van der Waals surface area contributed by atoms with Gasteiger partial charge in [-0.1, -0.05) is 61.4 Å². The van der Waals surface area contributed by atoms with Crippen LogP contribution in [0.4, 0.5) is 13.2 Å². The first-order valence-electron chi connectivity index (χ1n) is 6.91. The average Bonchev–Trinajstić information content (AvgIpc) is 2.44. The summed E-state index contributed by atoms with van der Waals surface area (Å²) in [4.78, 5) is 0. The molecule has 106 valence electrons. The summed E-state index contributed by atoms with van der Waals surface area (Å²) in [6.07, 6.45) is 1.89. The van der Waals surface area contributed by atoms with Gasteiger partial charge in [-0.3, -0.25) is 0 Å². The first-order chi connectivity index (χ1) is 9.55. The summed E-state index contributed by atoms with van der Waals surface area (Å²) >= 11 is 0. The number of benzene rings is 1. The second-order valence-corrected chi connectivity index (χ2v) is 5.07. The third kappa shape index (κ3) is 4.45. The standard InChI is InChI=1S/C17H17F3/c18-17(19,20)16(13-15-9-5-2-6-10-15)12-11-14-7-3-1-4-8-14/h2,5-6,9-10,13-14H,1,3-4,7-8H2/b16-13-. The molecule has 0 atom stereocenters. The fraction of sp³-hybridized carbons (Fsp3) is 0.412. The summed E-state index contributed by atoms with van der Waals surface area (Å²) in [5.74, 6) is 5.29. The van der Waals surface area contributed by atoms with Crippen molar-refractivity contribution in [3.63, 3.8) is 0 Å². The molecule has 0 nitrogen and oxygen atoms in total. The third-order valence-electron chi connectivity index (χ3n) is 3.43. The Labute approximate surface area is 117 Å². The van der Waals surface area contributed by atoms with Crippen LogP contribution in [0.2, 0.25) is 0 Å². The summed E-state index contributed by atoms with van der Waals surface area (Å²) in [5.41, 5.74) is -0.230. The quantitative estimate of drug-likeness (QED) is 0.618. The predicted octanol–water partition coefficient (Wildman–Crippen LogP) is 5.22. The Hall–Kier alpha value is -1.69. The van der Waals surface area contributed by atoms with E-state index >= 15 is 0 Å². The number of rotatable bonds is 1. The van der Waals surface area contributed by atoms with E-state index in [-0.39, 0.29) is 5.92 Å². The van der Waals surface area contributed by atoms with Gasteiger partial charge in [0.2, 0.25) is 0 Å². The van der Waals surface area contributed by atoms with E-state index in [4.69, 9.17) is 0 Å². The van der Waals surface area contributed by atoms with Crippen LogP contribution in [0.15, 0.2) is 35.9 Å². The van der Waals surface area contributed by atoms with E-state index in [1.807, 2.05) is 0 Å². The third-order valence-corrected chi connectivity index (χ3v) is 3.43. The van der Waals surface area contributed by atoms with Crippen molar-refractivity contribution in [3.05, 3.63) is 41.5 Å². The highest BCUT2D eigenvalue weighted by Gasteiger charge is 2.32. The van der Waals surface area contributed by atoms with Crippen molar-refractivity contribution in [2.75, 3.05) is 0 Å². The van der Waals surface area contributed by atoms with Gasteiger partial charge in [-0.2, -0.15) is 13.2 Å². The van der Waals surface area contributed by atoms with Crippen LogP contribution in [-0.4, -0.2) is 6.18 Å². The molecule has 0 radical (unpaired) electrons. The van der Waals surface area contributed by atoms with Gasteiger partial charge in [0.1, 0.15) is 5.57 Å². The average molecular weight is 278 g/mol. The molecule has 0 N–H and O–H groups in total. The number of hydrogen-bond acceptors (Lipinski definition) is 0. The van der Waals surface area contributed by atoms with Crippen molar-refractivity contribution in [2.24, 2.45) is 5.92 Å². The fourth-order valence-electron chi connectivity index (χ4n) is 2.33. The maximum atomic E-state index is 13.0. The fourth-order valence-corrected chi connectivity index (χ4v) is 2.33. The lowest BCUT2D eigenvalue weighted by Crippen LogP contribution is -2.11. The molecule has 1 aromatic carbocycles. The Morgan fingerprint density at radius 2 is 1.70 bits per heavy atom. The van der Waals surface area contributed by atoms with E-state index in [0.29, 0.717) is 5.56 Å². The van der Waals surface area contributed by atoms with Crippen LogP contribution in [-0.2, 0) is 0 Å². The molecule has 0 unspecified atom stereocenters. The minimum atomic E-state index is -4.39. The lowest BCUT2D eigenvalue weighted by molar-refractivity contribution is -0.0863. The van der Waals surface area contributed by atoms with E-state index < -0.39 is 11.7 Å². The molecule has 1 aliphatic carbocycles. The summed E-state index contributed by atoms with van der Waals surface area (Å²) in [6, 6.07) is 8.50. The number of halogens is 3. The molecule has 20 heavy (non-hydrogen) atoms. The first kappa shape index (κ1) is 14.7. The maximum Gasteiger partial charge on any atom is 0.424 e. The van der Waals surface area contributed by atoms with Gasteiger partial charge in [0.25, 0.3) is 0 Å². The molecule has 1 aromatic rings. The molecular weight excluding hydrogens is 261 g/mol. The van der Waals surface area contributed by atoms with Crippen molar-refractivity contribution in [3.8, 4) is 11.8 Å². The summed E-state index contributed by atoms with van der Waals surface area (Å²) in [5, 5.41) is 0. The van der Waals surface area contributed by atoms with Gasteiger partial charge in [0.15, 0.2) is 0 Å². The number of hydrogen-bond donors (Lipinski definition) is 0. The van der Waals surface area contributed by atoms with Crippen LogP contribution in [0.3, 0.4) is 0 Å². The summed E-state index contributed by atoms with van der Waals surface area (Å²) in [6.45, 7) is 0. The minimum absolute atomic E-state index is 0.116. The van der Waals surface area contributed by atoms with E-state index in [0.717, 1.165) is 31.8 Å². The molecule has 0 aliphatic heterocycles. The zero-order valence-electron chi connectivity index (χ0n) is 11.2. The topological polar surface area (TPSA) is 0 Å². The minimum Gasteiger partial charge on any atom is -0.165 e. The van der Waals surface area contributed by atoms with Crippen molar-refractivity contribution in [2.45, 2.75) is 38.3 Å². The lowest BCUT2D eigenvalue weighted by Gasteiger charge is -2.15. The molecule has 2 rings (SSSR count). The Balaban J connectivity index is 2.21. The monoisotopic (exact) mass is 278 g/mol. The maximum absolute atomic E-state index is 13.0. The highest BCUT2D eigenvalue weighted by atomic mass is 19.4. The van der Waals surface area contributed by atoms with E-state index in [1.165, 1.54) is 6.42 Å². The van der Waals surface area contributed by atoms with Gasteiger partial charge in [-0.05, 0) is 24.5 Å². The molecule has 1 aliphatic rings. The van der Waals surface area contributed by atoms with E-state index in [2.05, 4.69) is 11.8 Å². The van der Waals surface area contributed by atoms with Gasteiger partial charge >= 0.3 is 6.18 Å². The molecule has 0 saturated heterocycles. The predicted molar refractivity (Wildman–Crippen MR) is 74.8 cm³/mol. The van der Waals surface area contributed by atoms with Gasteiger partial charge in [-0.15, -0.1) is 0 Å². The zero-order valence-corrected chi connectivity index (χ0v) is 11.2. The van der Waals surface area contributed by atoms with Crippen LogP contribution in [0.1, 0.15) is 37.7 Å². The number of alkyl halides is 3. The molecule has 3 heteroatoms. The highest BCUT2D eigenvalue weighted by Crippen LogP contribution is 2.28. The molecule has 0 bridgehead atoms. The SMILES string of the molecule is FC(F)(F)/C(C#CC1CCCCC1)=C\c1ccccc1. The zero-order chi connectivity index (χ0) is 14.4. The summed E-state index contributed by atoms with van der Waals surface area (Å²) in [7, 11) is 0. The van der Waals surface area contributed by atoms with E-state index in [1.54, 1.807) is 30.3 Å². The van der Waals surface area contributed by atoms with Crippen LogP contribution in [0.5, 0.6) is 0 Å². The first-order valence-corrected chi connectivity index (χ1v) is 6.91. The summed E-state index contributed by atoms with van der Waals surface area (Å²) < 4.78 is 39.0. The number of allylic oxidation sites excluding steroid dienone is 1. The molecule has 0 spiro atoms. The molecule has 0 aromatic heterocycles. The smallest absolute Gasteiger partial charge is 0.165 e. The lowest BCUT2D eigenvalue weighted by atomic mass is 9.89. The molecule has 0 heterocycles. The van der Waals surface area contributed by atoms with Gasteiger partial charge in [0.05, 0.1) is 0 Å². The van der Waals surface area contributed by atoms with E-state index in [9.17, 15) is 13.2 Å². The Morgan fingerprint density at radius 1 is 1.05 bits per heavy atom. The van der Waals surface area contributed by atoms with Gasteiger partial charge < -0.3 is 0 Å². The molecule has 1 fully saturated rings. The van der Waals surface area contributed by atoms with Crippen LogP contribution >= 0.6 is 0 Å². The highest BCUT2D eigenvalue weighted by molar-refractivity contribution is 5.59. The van der Waals surface area contributed by atoms with Crippen molar-refractivity contribution in [1.29, 1.82) is 0 Å². The molecular formula is C17H17F3. The Kier molecular flexibility index (Phi) is 4.89. The van der Waals surface area contributed by atoms with Crippen molar-refractivity contribution >= 4 is 6.08 Å². The Bertz CT molecular complexity index is 509. The Morgan fingerprint density at radius 3 is 2.30 bits per heavy atom. The molecule has 1 saturated carbocycles. The van der Waals surface area contributed by atoms with Crippen molar-refractivity contribution < 1.29 is 13.2 Å². The normalized spacial score (nSPS) is 17.4.